The number of pyridine rings is 1. The average Bonchev–Trinajstić information content (AvgIpc) is 2.77. The van der Waals surface area contributed by atoms with Crippen molar-refractivity contribution in [3.8, 4) is 11.1 Å². The Kier molecular flexibility index (Phi) is 4.73. The Hall–Kier alpha value is -3.15. The number of halogens is 2. The van der Waals surface area contributed by atoms with E-state index in [1.54, 1.807) is 6.07 Å². The lowest BCUT2D eigenvalue weighted by Gasteiger charge is -2.70. The number of H-pyrrole nitrogens is 1. The molecule has 2 aromatic heterocycles. The number of piperidine rings is 1. The number of benzene rings is 1. The maximum atomic E-state index is 15.0. The highest BCUT2D eigenvalue weighted by Gasteiger charge is 2.69. The minimum Gasteiger partial charge on any atom is -0.322 e. The van der Waals surface area contributed by atoms with Crippen LogP contribution < -0.4 is 10.9 Å². The first-order valence-electron chi connectivity index (χ1n) is 10.9. The fraction of sp³-hybridized carbons (Fsp3) is 0.304. The number of anilines is 1. The summed E-state index contributed by atoms with van der Waals surface area (Å²) in [6, 6.07) is 5.50. The third-order valence-corrected chi connectivity index (χ3v) is 8.59. The van der Waals surface area contributed by atoms with Crippen molar-refractivity contribution in [2.45, 2.75) is 41.8 Å². The van der Waals surface area contributed by atoms with Crippen LogP contribution in [-0.4, -0.2) is 52.2 Å². The summed E-state index contributed by atoms with van der Waals surface area (Å²) in [5, 5.41) is 9.48. The van der Waals surface area contributed by atoms with E-state index in [1.165, 1.54) is 24.5 Å². The molecule has 0 bridgehead atoms. The normalized spacial score (nSPS) is 24.5. The second-order valence-electron chi connectivity index (χ2n) is 9.31. The fourth-order valence-electron chi connectivity index (χ4n) is 5.61. The van der Waals surface area contributed by atoms with Crippen LogP contribution in [0, 0.1) is 5.82 Å². The molecule has 3 aliphatic heterocycles. The summed E-state index contributed by atoms with van der Waals surface area (Å²) in [7, 11) is -3.50. The zero-order valence-electron chi connectivity index (χ0n) is 18.4. The van der Waals surface area contributed by atoms with Gasteiger partial charge in [-0.1, -0.05) is 11.6 Å². The first-order valence-corrected chi connectivity index (χ1v) is 13.2. The van der Waals surface area contributed by atoms with Gasteiger partial charge in [0.05, 0.1) is 27.3 Å². The summed E-state index contributed by atoms with van der Waals surface area (Å²) in [6.45, 7) is 0. The zero-order valence-corrected chi connectivity index (χ0v) is 20.0. The molecule has 3 aromatic rings. The van der Waals surface area contributed by atoms with Crippen molar-refractivity contribution >= 4 is 33.0 Å². The quantitative estimate of drug-likeness (QED) is 0.546. The van der Waals surface area contributed by atoms with Crippen LogP contribution in [0.2, 0.25) is 5.02 Å². The number of amides is 1. The maximum absolute atomic E-state index is 15.0. The lowest BCUT2D eigenvalue weighted by molar-refractivity contribution is -0.207. The number of hydrogen-bond donors (Lipinski definition) is 2. The van der Waals surface area contributed by atoms with Gasteiger partial charge in [0.15, 0.2) is 9.84 Å². The maximum Gasteiger partial charge on any atom is 0.264 e. The Balaban J connectivity index is 1.25. The summed E-state index contributed by atoms with van der Waals surface area (Å²) in [5.41, 5.74) is 1.26. The van der Waals surface area contributed by atoms with E-state index in [4.69, 9.17) is 11.6 Å². The molecule has 2 fully saturated rings. The second-order valence-corrected chi connectivity index (χ2v) is 11.7. The number of sulfone groups is 1. The van der Waals surface area contributed by atoms with Gasteiger partial charge in [-0.15, -0.1) is 0 Å². The van der Waals surface area contributed by atoms with E-state index in [0.717, 1.165) is 23.6 Å². The summed E-state index contributed by atoms with van der Waals surface area (Å²) < 4.78 is 38.7. The Labute approximate surface area is 204 Å². The molecular formula is C23H19ClFN5O4S. The number of nitrogens with zero attached hydrogens (tertiary/aromatic N) is 3. The molecule has 0 radical (unpaired) electrons. The number of hydrogen-bond acceptors (Lipinski definition) is 7. The Morgan fingerprint density at radius 1 is 1.26 bits per heavy atom. The van der Waals surface area contributed by atoms with Gasteiger partial charge < -0.3 is 5.32 Å². The predicted molar refractivity (Wildman–Crippen MR) is 125 cm³/mol. The summed E-state index contributed by atoms with van der Waals surface area (Å²) in [5.74, 6) is -1.02. The number of fused-ring (bicyclic) bond motifs is 2. The lowest BCUT2D eigenvalue weighted by Crippen LogP contribution is -2.81. The molecule has 6 rings (SSSR count). The number of aromatic nitrogens is 3. The van der Waals surface area contributed by atoms with Crippen LogP contribution >= 0.6 is 11.6 Å². The average molecular weight is 516 g/mol. The van der Waals surface area contributed by atoms with Crippen molar-refractivity contribution in [3.63, 3.8) is 0 Å². The van der Waals surface area contributed by atoms with Gasteiger partial charge in [-0.2, -0.15) is 5.10 Å². The minimum atomic E-state index is -3.50. The molecule has 180 valence electrons. The standard InChI is InChI=1S/C23H19ClFN5O4S/c1-35(33,34)14-3-12(9-26-10-14)15-5-17(25)18(6-16(15)24)27-22(32)23-7-13-2-11-4-20(31)28-29-21(11)19(8-23)30(13)23/h3-6,9-10,13,19H,2,7-8H2,1H3,(H,27,32)(H,28,31)/t13-,19-,23?/m1/s1. The minimum absolute atomic E-state index is 0.0105. The number of rotatable bonds is 4. The molecule has 5 heterocycles. The van der Waals surface area contributed by atoms with Gasteiger partial charge in [-0.3, -0.25) is 19.5 Å². The molecule has 2 N–H and O–H groups in total. The van der Waals surface area contributed by atoms with Crippen LogP contribution in [0.25, 0.3) is 11.1 Å². The lowest BCUT2D eigenvalue weighted by atomic mass is 9.59. The smallest absolute Gasteiger partial charge is 0.264 e. The first-order chi connectivity index (χ1) is 16.6. The van der Waals surface area contributed by atoms with E-state index in [1.807, 2.05) is 0 Å². The van der Waals surface area contributed by atoms with Crippen LogP contribution in [0.3, 0.4) is 0 Å². The first kappa shape index (κ1) is 22.3. The number of aromatic amines is 1. The summed E-state index contributed by atoms with van der Waals surface area (Å²) >= 11 is 6.39. The zero-order chi connectivity index (χ0) is 24.7. The van der Waals surface area contributed by atoms with Gasteiger partial charge in [0, 0.05) is 41.9 Å². The molecule has 1 unspecified atom stereocenters. The van der Waals surface area contributed by atoms with Crippen LogP contribution in [-0.2, 0) is 21.1 Å². The molecule has 2 saturated heterocycles. The summed E-state index contributed by atoms with van der Waals surface area (Å²) in [4.78, 5) is 30.8. The van der Waals surface area contributed by atoms with E-state index in [2.05, 4.69) is 25.4 Å². The van der Waals surface area contributed by atoms with Crippen LogP contribution in [0.15, 0.2) is 46.3 Å². The van der Waals surface area contributed by atoms with E-state index in [0.29, 0.717) is 24.8 Å². The fourth-order valence-corrected chi connectivity index (χ4v) is 6.47. The van der Waals surface area contributed by atoms with Crippen LogP contribution in [0.5, 0.6) is 0 Å². The molecule has 1 amide bonds. The highest BCUT2D eigenvalue weighted by atomic mass is 35.5. The van der Waals surface area contributed by atoms with Crippen molar-refractivity contribution in [1.82, 2.24) is 20.1 Å². The predicted octanol–water partition coefficient (Wildman–Crippen LogP) is 2.48. The SMILES string of the molecule is CS(=O)(=O)c1cncc(-c2cc(F)c(NC(=O)C34C[C@H]5Cc6cc(=O)[nH]nc6[C@@H](C3)N54)cc2Cl)c1. The summed E-state index contributed by atoms with van der Waals surface area (Å²) in [6.07, 6.45) is 5.44. The van der Waals surface area contributed by atoms with E-state index in [-0.39, 0.29) is 44.7 Å². The monoisotopic (exact) mass is 515 g/mol. The van der Waals surface area contributed by atoms with Gasteiger partial charge in [0.25, 0.3) is 5.56 Å². The van der Waals surface area contributed by atoms with Gasteiger partial charge in [0.2, 0.25) is 5.91 Å². The van der Waals surface area contributed by atoms with Gasteiger partial charge >= 0.3 is 0 Å². The van der Waals surface area contributed by atoms with Crippen molar-refractivity contribution in [2.24, 2.45) is 0 Å². The Morgan fingerprint density at radius 2 is 2.06 bits per heavy atom. The molecule has 0 aliphatic carbocycles. The third-order valence-electron chi connectivity index (χ3n) is 7.20. The van der Waals surface area contributed by atoms with Crippen LogP contribution in [0.4, 0.5) is 10.1 Å². The van der Waals surface area contributed by atoms with E-state index >= 15 is 4.39 Å². The molecule has 9 nitrogen and oxygen atoms in total. The highest BCUT2D eigenvalue weighted by Crippen LogP contribution is 2.61. The van der Waals surface area contributed by atoms with E-state index < -0.39 is 21.2 Å². The Morgan fingerprint density at radius 3 is 2.83 bits per heavy atom. The van der Waals surface area contributed by atoms with Gasteiger partial charge in [0.1, 0.15) is 11.4 Å². The van der Waals surface area contributed by atoms with Crippen molar-refractivity contribution in [3.05, 3.63) is 69.1 Å². The van der Waals surface area contributed by atoms with Crippen molar-refractivity contribution in [1.29, 1.82) is 0 Å². The largest absolute Gasteiger partial charge is 0.322 e. The van der Waals surface area contributed by atoms with Crippen molar-refractivity contribution in [2.75, 3.05) is 11.6 Å². The molecule has 0 saturated carbocycles. The Bertz CT molecular complexity index is 1590. The molecule has 3 aliphatic rings. The molecular weight excluding hydrogens is 497 g/mol. The van der Waals surface area contributed by atoms with Crippen molar-refractivity contribution < 1.29 is 17.6 Å². The molecule has 0 spiro atoms. The number of carbonyl (C=O) groups is 1. The number of nitrogens with one attached hydrogen (secondary N) is 2. The van der Waals surface area contributed by atoms with Crippen LogP contribution in [0.1, 0.15) is 30.1 Å². The van der Waals surface area contributed by atoms with Gasteiger partial charge in [-0.05, 0) is 43.0 Å². The van der Waals surface area contributed by atoms with E-state index in [9.17, 15) is 18.0 Å². The van der Waals surface area contributed by atoms with Gasteiger partial charge in [-0.25, -0.2) is 17.9 Å². The number of carbonyl (C=O) groups excluding carboxylic acids is 1. The molecule has 3 atom stereocenters. The second kappa shape index (κ2) is 7.42. The molecule has 12 heteroatoms. The molecule has 35 heavy (non-hydrogen) atoms. The third kappa shape index (κ3) is 3.33. The topological polar surface area (TPSA) is 125 Å². The molecule has 1 aromatic carbocycles. The highest BCUT2D eigenvalue weighted by molar-refractivity contribution is 7.90.